The third-order valence-corrected chi connectivity index (χ3v) is 6.97. The van der Waals surface area contributed by atoms with Gasteiger partial charge in [0.25, 0.3) is 5.91 Å². The lowest BCUT2D eigenvalue weighted by atomic mass is 9.53. The van der Waals surface area contributed by atoms with Crippen molar-refractivity contribution in [1.82, 2.24) is 5.32 Å². The van der Waals surface area contributed by atoms with Crippen molar-refractivity contribution in [2.45, 2.75) is 63.0 Å². The summed E-state index contributed by atoms with van der Waals surface area (Å²) in [5, 5.41) is 3.45. The maximum Gasteiger partial charge on any atom is 0.251 e. The van der Waals surface area contributed by atoms with Crippen molar-refractivity contribution >= 4 is 5.91 Å². The van der Waals surface area contributed by atoms with Crippen LogP contribution in [-0.2, 0) is 4.74 Å². The van der Waals surface area contributed by atoms with Crippen LogP contribution >= 0.6 is 0 Å². The lowest BCUT2D eigenvalue weighted by Gasteiger charge is -2.56. The van der Waals surface area contributed by atoms with Gasteiger partial charge in [-0.3, -0.25) is 4.79 Å². The number of rotatable bonds is 5. The molecule has 6 rings (SSSR count). The Morgan fingerprint density at radius 3 is 2.54 bits per heavy atom. The van der Waals surface area contributed by atoms with E-state index in [2.05, 4.69) is 5.32 Å². The molecule has 26 heavy (non-hydrogen) atoms. The second kappa shape index (κ2) is 6.56. The Morgan fingerprint density at radius 2 is 1.88 bits per heavy atom. The Hall–Kier alpha value is -1.55. The monoisotopic (exact) mass is 355 g/mol. The highest BCUT2D eigenvalue weighted by molar-refractivity contribution is 5.95. The number of benzene rings is 1. The van der Waals surface area contributed by atoms with E-state index in [1.807, 2.05) is 24.3 Å². The van der Waals surface area contributed by atoms with Gasteiger partial charge in [0.15, 0.2) is 0 Å². The fourth-order valence-electron chi connectivity index (χ4n) is 6.27. The van der Waals surface area contributed by atoms with E-state index in [4.69, 9.17) is 9.47 Å². The summed E-state index contributed by atoms with van der Waals surface area (Å²) in [6.07, 6.45) is 10.1. The third kappa shape index (κ3) is 3.24. The molecule has 1 aromatic rings. The van der Waals surface area contributed by atoms with E-state index in [0.29, 0.717) is 12.2 Å². The number of carbonyl (C=O) groups excluding carboxylic acids is 1. The predicted molar refractivity (Wildman–Crippen MR) is 99.3 cm³/mol. The average Bonchev–Trinajstić information content (AvgIpc) is 3.12. The second-order valence-corrected chi connectivity index (χ2v) is 9.13. The Kier molecular flexibility index (Phi) is 4.19. The molecule has 4 saturated carbocycles. The van der Waals surface area contributed by atoms with E-state index < -0.39 is 0 Å². The van der Waals surface area contributed by atoms with Gasteiger partial charge >= 0.3 is 0 Å². The normalized spacial score (nSPS) is 37.7. The molecule has 1 amide bonds. The second-order valence-electron chi connectivity index (χ2n) is 9.13. The lowest BCUT2D eigenvalue weighted by Crippen LogP contribution is -2.59. The molecular weight excluding hydrogens is 326 g/mol. The molecule has 4 heteroatoms. The summed E-state index contributed by atoms with van der Waals surface area (Å²) in [5.41, 5.74) is 0.769. The SMILES string of the molecule is O=C(NC12CC3CC(CC(C3)C1)C2)c1cccc(OCC2CCCO2)c1. The van der Waals surface area contributed by atoms with Gasteiger partial charge in [0.2, 0.25) is 0 Å². The minimum absolute atomic E-state index is 0.0559. The average molecular weight is 355 g/mol. The van der Waals surface area contributed by atoms with Gasteiger partial charge in [-0.15, -0.1) is 0 Å². The van der Waals surface area contributed by atoms with E-state index in [1.54, 1.807) is 0 Å². The molecule has 0 spiro atoms. The van der Waals surface area contributed by atoms with Crippen LogP contribution in [0.5, 0.6) is 5.75 Å². The standard InChI is InChI=1S/C22H29NO3/c24-21(23-22-11-15-7-16(12-22)9-17(8-15)13-22)18-3-1-4-19(10-18)26-14-20-5-2-6-25-20/h1,3-4,10,15-17,20H,2,5-9,11-14H2,(H,23,24). The zero-order chi connectivity index (χ0) is 17.6. The fourth-order valence-corrected chi connectivity index (χ4v) is 6.27. The number of nitrogens with one attached hydrogen (secondary N) is 1. The summed E-state index contributed by atoms with van der Waals surface area (Å²) in [6, 6.07) is 7.62. The van der Waals surface area contributed by atoms with Crippen molar-refractivity contribution in [3.05, 3.63) is 29.8 Å². The summed E-state index contributed by atoms with van der Waals surface area (Å²) >= 11 is 0. The highest BCUT2D eigenvalue weighted by Crippen LogP contribution is 2.55. The van der Waals surface area contributed by atoms with E-state index in [-0.39, 0.29) is 17.6 Å². The van der Waals surface area contributed by atoms with Crippen molar-refractivity contribution < 1.29 is 14.3 Å². The van der Waals surface area contributed by atoms with Crippen molar-refractivity contribution in [2.75, 3.05) is 13.2 Å². The summed E-state index contributed by atoms with van der Waals surface area (Å²) in [6.45, 7) is 1.40. The van der Waals surface area contributed by atoms with Gasteiger partial charge in [-0.1, -0.05) is 6.07 Å². The minimum atomic E-state index is 0.0559. The summed E-state index contributed by atoms with van der Waals surface area (Å²) < 4.78 is 11.5. The zero-order valence-corrected chi connectivity index (χ0v) is 15.4. The lowest BCUT2D eigenvalue weighted by molar-refractivity contribution is -0.0167. The Balaban J connectivity index is 1.25. The highest BCUT2D eigenvalue weighted by atomic mass is 16.5. The van der Waals surface area contributed by atoms with Gasteiger partial charge in [0.05, 0.1) is 6.10 Å². The summed E-state index contributed by atoms with van der Waals surface area (Å²) in [4.78, 5) is 13.0. The van der Waals surface area contributed by atoms with Gasteiger partial charge in [-0.25, -0.2) is 0 Å². The summed E-state index contributed by atoms with van der Waals surface area (Å²) in [5.74, 6) is 3.33. The fraction of sp³-hybridized carbons (Fsp3) is 0.682. The molecule has 1 heterocycles. The molecule has 1 aromatic carbocycles. The molecule has 4 nitrogen and oxygen atoms in total. The first kappa shape index (κ1) is 16.6. The molecule has 5 aliphatic rings. The largest absolute Gasteiger partial charge is 0.491 e. The highest BCUT2D eigenvalue weighted by Gasteiger charge is 2.51. The molecule has 1 saturated heterocycles. The number of amides is 1. The van der Waals surface area contributed by atoms with Crippen LogP contribution in [0.2, 0.25) is 0 Å². The van der Waals surface area contributed by atoms with Crippen LogP contribution < -0.4 is 10.1 Å². The number of hydrogen-bond acceptors (Lipinski definition) is 3. The molecule has 1 aliphatic heterocycles. The number of ether oxygens (including phenoxy) is 2. The third-order valence-electron chi connectivity index (χ3n) is 6.97. The maximum absolute atomic E-state index is 13.0. The Morgan fingerprint density at radius 1 is 1.15 bits per heavy atom. The Bertz CT molecular complexity index is 644. The van der Waals surface area contributed by atoms with Crippen molar-refractivity contribution in [1.29, 1.82) is 0 Å². The first-order valence-corrected chi connectivity index (χ1v) is 10.3. The van der Waals surface area contributed by atoms with Gasteiger partial charge in [0, 0.05) is 17.7 Å². The van der Waals surface area contributed by atoms with E-state index in [1.165, 1.54) is 38.5 Å². The molecule has 5 fully saturated rings. The van der Waals surface area contributed by atoms with Crippen LogP contribution in [0.1, 0.15) is 61.7 Å². The van der Waals surface area contributed by atoms with Gasteiger partial charge < -0.3 is 14.8 Å². The van der Waals surface area contributed by atoms with Crippen LogP contribution in [0.4, 0.5) is 0 Å². The van der Waals surface area contributed by atoms with Crippen LogP contribution in [0.25, 0.3) is 0 Å². The molecule has 0 radical (unpaired) electrons. The van der Waals surface area contributed by atoms with Crippen molar-refractivity contribution in [2.24, 2.45) is 17.8 Å². The topological polar surface area (TPSA) is 47.6 Å². The maximum atomic E-state index is 13.0. The van der Waals surface area contributed by atoms with Gasteiger partial charge in [0.1, 0.15) is 12.4 Å². The summed E-state index contributed by atoms with van der Waals surface area (Å²) in [7, 11) is 0. The first-order chi connectivity index (χ1) is 12.7. The molecule has 0 aromatic heterocycles. The zero-order valence-electron chi connectivity index (χ0n) is 15.4. The molecule has 4 bridgehead atoms. The molecule has 1 unspecified atom stereocenters. The van der Waals surface area contributed by atoms with E-state index >= 15 is 0 Å². The number of hydrogen-bond donors (Lipinski definition) is 1. The molecular formula is C22H29NO3. The van der Waals surface area contributed by atoms with Crippen LogP contribution in [0, 0.1) is 17.8 Å². The first-order valence-electron chi connectivity index (χ1n) is 10.3. The molecule has 1 N–H and O–H groups in total. The molecule has 140 valence electrons. The van der Waals surface area contributed by atoms with Crippen LogP contribution in [-0.4, -0.2) is 30.8 Å². The number of carbonyl (C=O) groups is 1. The smallest absolute Gasteiger partial charge is 0.251 e. The molecule has 1 atom stereocenters. The van der Waals surface area contributed by atoms with Gasteiger partial charge in [-0.05, 0) is 87.3 Å². The molecule has 4 aliphatic carbocycles. The van der Waals surface area contributed by atoms with Crippen molar-refractivity contribution in [3.63, 3.8) is 0 Å². The Labute approximate surface area is 155 Å². The van der Waals surface area contributed by atoms with E-state index in [0.717, 1.165) is 43.0 Å². The predicted octanol–water partition coefficient (Wildman–Crippen LogP) is 3.94. The van der Waals surface area contributed by atoms with Crippen molar-refractivity contribution in [3.8, 4) is 5.75 Å². The minimum Gasteiger partial charge on any atom is -0.491 e. The van der Waals surface area contributed by atoms with Crippen LogP contribution in [0.15, 0.2) is 24.3 Å². The quantitative estimate of drug-likeness (QED) is 0.870. The van der Waals surface area contributed by atoms with E-state index in [9.17, 15) is 4.79 Å². The van der Waals surface area contributed by atoms with Crippen LogP contribution in [0.3, 0.4) is 0 Å². The van der Waals surface area contributed by atoms with Gasteiger partial charge in [-0.2, -0.15) is 0 Å².